The first kappa shape index (κ1) is 25.4. The molecule has 35 heavy (non-hydrogen) atoms. The van der Waals surface area contributed by atoms with Gasteiger partial charge in [0.25, 0.3) is 5.91 Å². The summed E-state index contributed by atoms with van der Waals surface area (Å²) >= 11 is 0. The van der Waals surface area contributed by atoms with E-state index < -0.39 is 37.4 Å². The number of carbonyl (C=O) groups excluding carboxylic acids is 3. The first-order valence-electron chi connectivity index (χ1n) is 10.5. The number of ether oxygens (including phenoxy) is 3. The lowest BCUT2D eigenvalue weighted by atomic mass is 10.1. The molecule has 3 aromatic rings. The van der Waals surface area contributed by atoms with E-state index in [4.69, 9.17) is 9.47 Å². The Bertz CT molecular complexity index is 1220. The minimum absolute atomic E-state index is 0.0212. The number of esters is 1. The number of methoxy groups -OCH3 is 1. The van der Waals surface area contributed by atoms with Crippen LogP contribution >= 0.6 is 0 Å². The first-order chi connectivity index (χ1) is 16.7. The molecule has 1 amide bonds. The number of amides is 1. The van der Waals surface area contributed by atoms with E-state index in [1.54, 1.807) is 54.8 Å². The third-order valence-corrected chi connectivity index (χ3v) is 5.14. The molecule has 1 aromatic heterocycles. The third-order valence-electron chi connectivity index (χ3n) is 5.14. The minimum Gasteiger partial charge on any atom is -0.497 e. The summed E-state index contributed by atoms with van der Waals surface area (Å²) in [4.78, 5) is 36.9. The van der Waals surface area contributed by atoms with Gasteiger partial charge in [-0.2, -0.15) is 8.78 Å². The number of carbonyl (C=O) groups is 3. The average molecular weight is 486 g/mol. The van der Waals surface area contributed by atoms with Crippen LogP contribution in [0.3, 0.4) is 0 Å². The number of aromatic nitrogens is 1. The molecule has 8 nitrogen and oxygen atoms in total. The molecule has 0 saturated carbocycles. The van der Waals surface area contributed by atoms with Crippen molar-refractivity contribution in [3.05, 3.63) is 77.1 Å². The molecule has 10 heteroatoms. The summed E-state index contributed by atoms with van der Waals surface area (Å²) in [5.74, 6) is -1.15. The van der Waals surface area contributed by atoms with Gasteiger partial charge in [-0.1, -0.05) is 6.07 Å². The molecule has 0 aliphatic rings. The van der Waals surface area contributed by atoms with Gasteiger partial charge < -0.3 is 24.1 Å². The Morgan fingerprint density at radius 1 is 1.00 bits per heavy atom. The Morgan fingerprint density at radius 2 is 1.71 bits per heavy atom. The lowest BCUT2D eigenvalue weighted by molar-refractivity contribution is -0.141. The molecule has 0 saturated heterocycles. The van der Waals surface area contributed by atoms with Gasteiger partial charge in [0.1, 0.15) is 18.0 Å². The summed E-state index contributed by atoms with van der Waals surface area (Å²) in [7, 11) is 1.48. The van der Waals surface area contributed by atoms with Crippen molar-refractivity contribution in [2.45, 2.75) is 20.5 Å². The summed E-state index contributed by atoms with van der Waals surface area (Å²) in [6, 6.07) is 14.1. The Balaban J connectivity index is 1.58. The highest BCUT2D eigenvalue weighted by Gasteiger charge is 2.19. The van der Waals surface area contributed by atoms with Gasteiger partial charge in [-0.15, -0.1) is 0 Å². The van der Waals surface area contributed by atoms with Crippen LogP contribution in [0.1, 0.15) is 32.1 Å². The number of rotatable bonds is 10. The summed E-state index contributed by atoms with van der Waals surface area (Å²) in [5.41, 5.74) is 2.64. The van der Waals surface area contributed by atoms with Crippen LogP contribution in [0, 0.1) is 13.8 Å². The highest BCUT2D eigenvalue weighted by atomic mass is 19.3. The molecule has 2 aromatic carbocycles. The summed E-state index contributed by atoms with van der Waals surface area (Å²) in [5, 5.41) is 2.43. The molecule has 0 spiro atoms. The maximum atomic E-state index is 12.7. The molecule has 1 N–H and O–H groups in total. The van der Waals surface area contributed by atoms with Gasteiger partial charge in [-0.25, -0.2) is 0 Å². The van der Waals surface area contributed by atoms with Crippen LogP contribution in [0.4, 0.5) is 8.78 Å². The fraction of sp³-hybridized carbons (Fsp3) is 0.240. The van der Waals surface area contributed by atoms with Crippen LogP contribution in [-0.4, -0.2) is 49.1 Å². The number of nitrogens with one attached hydrogen (secondary N) is 1. The Kier molecular flexibility index (Phi) is 8.19. The molecule has 0 radical (unpaired) electrons. The second-order valence-electron chi connectivity index (χ2n) is 7.49. The summed E-state index contributed by atoms with van der Waals surface area (Å²) in [6.07, 6.45) is 0. The van der Waals surface area contributed by atoms with Gasteiger partial charge in [-0.05, 0) is 62.4 Å². The fourth-order valence-corrected chi connectivity index (χ4v) is 3.51. The van der Waals surface area contributed by atoms with Crippen molar-refractivity contribution in [1.82, 2.24) is 9.88 Å². The monoisotopic (exact) mass is 486 g/mol. The van der Waals surface area contributed by atoms with E-state index in [0.29, 0.717) is 28.3 Å². The number of Topliss-reactive ketones (excluding diaryl/α,β-unsaturated/α-hetero) is 1. The van der Waals surface area contributed by atoms with Gasteiger partial charge in [0.05, 0.1) is 7.11 Å². The first-order valence-corrected chi connectivity index (χ1v) is 10.5. The van der Waals surface area contributed by atoms with Crippen molar-refractivity contribution in [2.24, 2.45) is 0 Å². The molecule has 0 bridgehead atoms. The number of alkyl halides is 2. The number of aryl methyl sites for hydroxylation is 1. The van der Waals surface area contributed by atoms with Crippen LogP contribution < -0.4 is 14.8 Å². The average Bonchev–Trinajstić information content (AvgIpc) is 3.14. The molecule has 0 fully saturated rings. The van der Waals surface area contributed by atoms with Crippen molar-refractivity contribution >= 4 is 17.7 Å². The van der Waals surface area contributed by atoms with Gasteiger partial charge in [0.2, 0.25) is 5.78 Å². The van der Waals surface area contributed by atoms with Crippen LogP contribution in [0.15, 0.2) is 54.6 Å². The predicted octanol–water partition coefficient (Wildman–Crippen LogP) is 3.86. The molecule has 0 atom stereocenters. The zero-order valence-corrected chi connectivity index (χ0v) is 19.3. The van der Waals surface area contributed by atoms with E-state index in [1.165, 1.54) is 25.3 Å². The van der Waals surface area contributed by atoms with Gasteiger partial charge >= 0.3 is 12.6 Å². The smallest absolute Gasteiger partial charge is 0.387 e. The van der Waals surface area contributed by atoms with Crippen molar-refractivity contribution in [1.29, 1.82) is 0 Å². The number of hydrogen-bond acceptors (Lipinski definition) is 6. The topological polar surface area (TPSA) is 95.9 Å². The number of nitrogens with zero attached hydrogens (tertiary/aromatic N) is 1. The van der Waals surface area contributed by atoms with Crippen LogP contribution in [0.2, 0.25) is 0 Å². The summed E-state index contributed by atoms with van der Waals surface area (Å²) < 4.78 is 40.9. The van der Waals surface area contributed by atoms with E-state index in [0.717, 1.165) is 5.69 Å². The van der Waals surface area contributed by atoms with Crippen LogP contribution in [-0.2, 0) is 9.53 Å². The van der Waals surface area contributed by atoms with Crippen molar-refractivity contribution in [3.8, 4) is 17.2 Å². The van der Waals surface area contributed by atoms with Gasteiger partial charge in [0, 0.05) is 28.2 Å². The Morgan fingerprint density at radius 3 is 2.37 bits per heavy atom. The molecule has 0 aliphatic carbocycles. The fourth-order valence-electron chi connectivity index (χ4n) is 3.51. The summed E-state index contributed by atoms with van der Waals surface area (Å²) in [6.45, 7) is -0.319. The number of ketones is 1. The van der Waals surface area contributed by atoms with E-state index in [9.17, 15) is 23.2 Å². The predicted molar refractivity (Wildman–Crippen MR) is 122 cm³/mol. The van der Waals surface area contributed by atoms with E-state index in [1.807, 2.05) is 0 Å². The molecule has 0 aliphatic heterocycles. The van der Waals surface area contributed by atoms with Gasteiger partial charge in [0.15, 0.2) is 6.61 Å². The quantitative estimate of drug-likeness (QED) is 0.345. The number of halogens is 2. The number of hydrogen-bond donors (Lipinski definition) is 1. The van der Waals surface area contributed by atoms with Crippen LogP contribution in [0.5, 0.6) is 11.5 Å². The molecule has 3 rings (SSSR count). The highest BCUT2D eigenvalue weighted by molar-refractivity contribution is 6.00. The van der Waals surface area contributed by atoms with Crippen LogP contribution in [0.25, 0.3) is 5.69 Å². The second kappa shape index (κ2) is 11.3. The zero-order valence-electron chi connectivity index (χ0n) is 19.3. The third kappa shape index (κ3) is 6.44. The highest BCUT2D eigenvalue weighted by Crippen LogP contribution is 2.24. The maximum Gasteiger partial charge on any atom is 0.387 e. The molecule has 184 valence electrons. The lowest BCUT2D eigenvalue weighted by Crippen LogP contribution is -2.31. The SMILES string of the molecule is COc1cccc(C(=O)NCC(=O)OCC(=O)c2cc(C)n(-c3ccc(OC(F)F)cc3)c2C)c1. The Labute approximate surface area is 200 Å². The normalized spacial score (nSPS) is 10.7. The zero-order chi connectivity index (χ0) is 25.5. The van der Waals surface area contributed by atoms with Crippen molar-refractivity contribution in [2.75, 3.05) is 20.3 Å². The van der Waals surface area contributed by atoms with E-state index in [-0.39, 0.29) is 5.75 Å². The molecule has 1 heterocycles. The minimum atomic E-state index is -2.92. The molecule has 0 unspecified atom stereocenters. The number of benzene rings is 2. The Hall–Kier alpha value is -4.21. The maximum absolute atomic E-state index is 12.7. The standard InChI is InChI=1S/C25H24F2N2O6/c1-15-11-21(16(2)29(15)18-7-9-19(10-8-18)35-25(26)27)22(30)14-34-23(31)13-28-24(32)17-5-4-6-20(12-17)33-3/h4-12,25H,13-14H2,1-3H3,(H,28,32). The molecular formula is C25H24F2N2O6. The molecular weight excluding hydrogens is 462 g/mol. The second-order valence-corrected chi connectivity index (χ2v) is 7.49. The van der Waals surface area contributed by atoms with E-state index in [2.05, 4.69) is 10.1 Å². The largest absolute Gasteiger partial charge is 0.497 e. The van der Waals surface area contributed by atoms with Crippen molar-refractivity contribution < 1.29 is 37.4 Å². The van der Waals surface area contributed by atoms with Gasteiger partial charge in [-0.3, -0.25) is 14.4 Å². The lowest BCUT2D eigenvalue weighted by Gasteiger charge is -2.11. The van der Waals surface area contributed by atoms with Crippen molar-refractivity contribution in [3.63, 3.8) is 0 Å². The van der Waals surface area contributed by atoms with E-state index >= 15 is 0 Å².